The Balaban J connectivity index is 1.61. The van der Waals surface area contributed by atoms with Gasteiger partial charge in [-0.15, -0.1) is 0 Å². The van der Waals surface area contributed by atoms with Crippen LogP contribution in [0.15, 0.2) is 23.7 Å². The molecule has 0 N–H and O–H groups in total. The summed E-state index contributed by atoms with van der Waals surface area (Å²) < 4.78 is 0. The molecule has 0 aromatic carbocycles. The fourth-order valence-electron chi connectivity index (χ4n) is 2.60. The van der Waals surface area contributed by atoms with E-state index in [-0.39, 0.29) is 11.8 Å². The maximum atomic E-state index is 12.5. The second kappa shape index (κ2) is 6.08. The van der Waals surface area contributed by atoms with Gasteiger partial charge in [-0.05, 0) is 0 Å². The number of carbonyl (C=O) groups is 2. The number of hydrogen-bond acceptors (Lipinski definition) is 6. The monoisotopic (exact) mass is 302 g/mol. The van der Waals surface area contributed by atoms with Gasteiger partial charge in [0.2, 0.25) is 5.91 Å². The van der Waals surface area contributed by atoms with E-state index >= 15 is 0 Å². The van der Waals surface area contributed by atoms with Crippen molar-refractivity contribution in [1.29, 1.82) is 0 Å². The number of aromatic nitrogens is 2. The highest BCUT2D eigenvalue weighted by atomic mass is 16.2. The van der Waals surface area contributed by atoms with Crippen molar-refractivity contribution in [3.63, 3.8) is 0 Å². The molecule has 1 saturated heterocycles. The topological polar surface area (TPSA) is 82.0 Å². The van der Waals surface area contributed by atoms with E-state index in [2.05, 4.69) is 20.0 Å². The molecule has 0 radical (unpaired) electrons. The van der Waals surface area contributed by atoms with Crippen molar-refractivity contribution in [3.05, 3.63) is 18.6 Å². The lowest BCUT2D eigenvalue weighted by Gasteiger charge is -2.35. The van der Waals surface area contributed by atoms with Gasteiger partial charge in [0.1, 0.15) is 11.5 Å². The SMILES string of the molecule is CN1N=C(C(=O)N2CCN(c3cnccn3)CC2)CCC1=O. The molecule has 0 saturated carbocycles. The van der Waals surface area contributed by atoms with Crippen LogP contribution in [0.4, 0.5) is 5.82 Å². The molecule has 0 bridgehead atoms. The Morgan fingerprint density at radius 1 is 1.14 bits per heavy atom. The number of hydrazone groups is 1. The lowest BCUT2D eigenvalue weighted by atomic mass is 10.1. The lowest BCUT2D eigenvalue weighted by molar-refractivity contribution is -0.130. The highest BCUT2D eigenvalue weighted by molar-refractivity contribution is 6.39. The fraction of sp³-hybridized carbons (Fsp3) is 0.500. The van der Waals surface area contributed by atoms with Crippen LogP contribution in [0.2, 0.25) is 0 Å². The first-order valence-electron chi connectivity index (χ1n) is 7.29. The average Bonchev–Trinajstić information content (AvgIpc) is 2.58. The predicted octanol–water partition coefficient (Wildman–Crippen LogP) is -0.267. The molecule has 3 heterocycles. The predicted molar refractivity (Wildman–Crippen MR) is 80.3 cm³/mol. The normalized spacial score (nSPS) is 19.2. The van der Waals surface area contributed by atoms with Crippen molar-refractivity contribution in [1.82, 2.24) is 19.9 Å². The number of anilines is 1. The molecule has 0 spiro atoms. The molecule has 116 valence electrons. The van der Waals surface area contributed by atoms with Gasteiger partial charge >= 0.3 is 0 Å². The zero-order valence-corrected chi connectivity index (χ0v) is 12.5. The number of rotatable bonds is 2. The van der Waals surface area contributed by atoms with E-state index in [1.807, 2.05) is 0 Å². The maximum Gasteiger partial charge on any atom is 0.270 e. The fourth-order valence-corrected chi connectivity index (χ4v) is 2.60. The van der Waals surface area contributed by atoms with E-state index < -0.39 is 0 Å². The van der Waals surface area contributed by atoms with Gasteiger partial charge in [0, 0.05) is 58.5 Å². The Morgan fingerprint density at radius 3 is 2.55 bits per heavy atom. The average molecular weight is 302 g/mol. The third kappa shape index (κ3) is 2.90. The molecule has 1 aromatic heterocycles. The highest BCUT2D eigenvalue weighted by Crippen LogP contribution is 2.14. The number of piperazine rings is 1. The molecule has 22 heavy (non-hydrogen) atoms. The first-order valence-corrected chi connectivity index (χ1v) is 7.29. The number of amides is 2. The molecule has 2 aliphatic heterocycles. The molecular formula is C14H18N6O2. The Kier molecular flexibility index (Phi) is 3.99. The summed E-state index contributed by atoms with van der Waals surface area (Å²) in [5.74, 6) is 0.706. The molecule has 1 aromatic rings. The summed E-state index contributed by atoms with van der Waals surface area (Å²) in [6.07, 6.45) is 5.80. The van der Waals surface area contributed by atoms with Gasteiger partial charge in [0.15, 0.2) is 0 Å². The van der Waals surface area contributed by atoms with Crippen LogP contribution in [0.1, 0.15) is 12.8 Å². The van der Waals surface area contributed by atoms with E-state index in [0.717, 1.165) is 5.82 Å². The Labute approximate surface area is 128 Å². The summed E-state index contributed by atoms with van der Waals surface area (Å²) in [4.78, 5) is 36.1. The Bertz CT molecular complexity index is 595. The molecule has 0 atom stereocenters. The summed E-state index contributed by atoms with van der Waals surface area (Å²) in [6.45, 7) is 2.66. The number of carbonyl (C=O) groups excluding carboxylic acids is 2. The van der Waals surface area contributed by atoms with Gasteiger partial charge in [-0.3, -0.25) is 14.6 Å². The Morgan fingerprint density at radius 2 is 1.91 bits per heavy atom. The minimum absolute atomic E-state index is 0.0518. The minimum atomic E-state index is -0.0712. The zero-order chi connectivity index (χ0) is 15.5. The summed E-state index contributed by atoms with van der Waals surface area (Å²) >= 11 is 0. The summed E-state index contributed by atoms with van der Waals surface area (Å²) in [6, 6.07) is 0. The molecule has 8 nitrogen and oxygen atoms in total. The van der Waals surface area contributed by atoms with Crippen molar-refractivity contribution in [2.24, 2.45) is 5.10 Å². The van der Waals surface area contributed by atoms with Crippen LogP contribution >= 0.6 is 0 Å². The van der Waals surface area contributed by atoms with Crippen LogP contribution in [-0.4, -0.2) is 70.6 Å². The second-order valence-electron chi connectivity index (χ2n) is 5.31. The molecule has 2 amide bonds. The quantitative estimate of drug-likeness (QED) is 0.751. The molecule has 0 aliphatic carbocycles. The standard InChI is InChI=1S/C14H18N6O2/c1-18-13(21)3-2-11(17-18)14(22)20-8-6-19(7-9-20)12-10-15-4-5-16-12/h4-5,10H,2-3,6-9H2,1H3. The van der Waals surface area contributed by atoms with Crippen LogP contribution in [0.25, 0.3) is 0 Å². The maximum absolute atomic E-state index is 12.5. The summed E-state index contributed by atoms with van der Waals surface area (Å²) in [5.41, 5.74) is 0.468. The van der Waals surface area contributed by atoms with Gasteiger partial charge in [-0.25, -0.2) is 9.99 Å². The van der Waals surface area contributed by atoms with E-state index in [0.29, 0.717) is 44.7 Å². The van der Waals surface area contributed by atoms with Gasteiger partial charge in [-0.2, -0.15) is 5.10 Å². The van der Waals surface area contributed by atoms with Crippen molar-refractivity contribution in [3.8, 4) is 0 Å². The summed E-state index contributed by atoms with van der Waals surface area (Å²) in [7, 11) is 1.58. The second-order valence-corrected chi connectivity index (χ2v) is 5.31. The minimum Gasteiger partial charge on any atom is -0.352 e. The molecule has 1 fully saturated rings. The molecule has 8 heteroatoms. The molecular weight excluding hydrogens is 284 g/mol. The van der Waals surface area contributed by atoms with Crippen molar-refractivity contribution >= 4 is 23.3 Å². The first-order chi connectivity index (χ1) is 10.6. The van der Waals surface area contributed by atoms with Gasteiger partial charge in [0.05, 0.1) is 6.20 Å². The highest BCUT2D eigenvalue weighted by Gasteiger charge is 2.28. The van der Waals surface area contributed by atoms with Gasteiger partial charge < -0.3 is 9.80 Å². The van der Waals surface area contributed by atoms with Crippen LogP contribution in [0.3, 0.4) is 0 Å². The van der Waals surface area contributed by atoms with E-state index in [4.69, 9.17) is 0 Å². The van der Waals surface area contributed by atoms with Crippen molar-refractivity contribution in [2.45, 2.75) is 12.8 Å². The van der Waals surface area contributed by atoms with Crippen LogP contribution in [0, 0.1) is 0 Å². The Hall–Kier alpha value is -2.51. The van der Waals surface area contributed by atoms with Crippen molar-refractivity contribution in [2.75, 3.05) is 38.1 Å². The van der Waals surface area contributed by atoms with E-state index in [9.17, 15) is 9.59 Å². The van der Waals surface area contributed by atoms with Gasteiger partial charge in [0.25, 0.3) is 5.91 Å². The van der Waals surface area contributed by atoms with Crippen LogP contribution in [-0.2, 0) is 9.59 Å². The molecule has 3 rings (SSSR count). The number of hydrogen-bond donors (Lipinski definition) is 0. The van der Waals surface area contributed by atoms with E-state index in [1.54, 1.807) is 30.5 Å². The van der Waals surface area contributed by atoms with Crippen LogP contribution in [0.5, 0.6) is 0 Å². The first kappa shape index (κ1) is 14.4. The third-order valence-corrected chi connectivity index (χ3v) is 3.89. The smallest absolute Gasteiger partial charge is 0.270 e. The lowest BCUT2D eigenvalue weighted by Crippen LogP contribution is -2.51. The largest absolute Gasteiger partial charge is 0.352 e. The van der Waals surface area contributed by atoms with E-state index in [1.165, 1.54) is 5.01 Å². The molecule has 2 aliphatic rings. The van der Waals surface area contributed by atoms with Crippen LogP contribution < -0.4 is 4.90 Å². The summed E-state index contributed by atoms with van der Waals surface area (Å²) in [5, 5.41) is 5.35. The van der Waals surface area contributed by atoms with Gasteiger partial charge in [-0.1, -0.05) is 0 Å². The molecule has 0 unspecified atom stereocenters. The van der Waals surface area contributed by atoms with Crippen molar-refractivity contribution < 1.29 is 9.59 Å². The third-order valence-electron chi connectivity index (χ3n) is 3.89. The zero-order valence-electron chi connectivity index (χ0n) is 12.5. The number of nitrogens with zero attached hydrogens (tertiary/aromatic N) is 6.